The number of hydrogen-bond acceptors (Lipinski definition) is 2. The molecule has 4 rings (SSSR count). The lowest BCUT2D eigenvalue weighted by atomic mass is 9.83. The van der Waals surface area contributed by atoms with E-state index >= 15 is 0 Å². The van der Waals surface area contributed by atoms with E-state index in [2.05, 4.69) is 66.0 Å². The van der Waals surface area contributed by atoms with Crippen LogP contribution in [-0.4, -0.2) is 18.8 Å². The van der Waals surface area contributed by atoms with Gasteiger partial charge in [-0.25, -0.2) is 4.39 Å². The van der Waals surface area contributed by atoms with Crippen molar-refractivity contribution in [2.45, 2.75) is 37.5 Å². The summed E-state index contributed by atoms with van der Waals surface area (Å²) in [6.07, 6.45) is 2.26. The largest absolute Gasteiger partial charge is 0.376 e. The minimum Gasteiger partial charge on any atom is -0.376 e. The average molecular weight is 375 g/mol. The molecule has 0 bridgehead atoms. The third-order valence-corrected chi connectivity index (χ3v) is 5.51. The van der Waals surface area contributed by atoms with Gasteiger partial charge in [-0.15, -0.1) is 0 Å². The van der Waals surface area contributed by atoms with Crippen molar-refractivity contribution < 1.29 is 9.13 Å². The normalized spacial score (nSPS) is 19.6. The van der Waals surface area contributed by atoms with Crippen LogP contribution in [0.3, 0.4) is 0 Å². The number of halogens is 1. The van der Waals surface area contributed by atoms with E-state index in [4.69, 9.17) is 4.74 Å². The SMILES string of the molecule is Fc1ccc(CN[C@H]2CC[C@@H](C(c3ccccc3)c3ccccc3)OC2)cc1. The van der Waals surface area contributed by atoms with Crippen LogP contribution in [-0.2, 0) is 11.3 Å². The van der Waals surface area contributed by atoms with Gasteiger partial charge in [0.05, 0.1) is 12.7 Å². The summed E-state index contributed by atoms with van der Waals surface area (Å²) in [7, 11) is 0. The topological polar surface area (TPSA) is 21.3 Å². The maximum atomic E-state index is 13.0. The minimum atomic E-state index is -0.194. The first kappa shape index (κ1) is 18.9. The minimum absolute atomic E-state index is 0.175. The van der Waals surface area contributed by atoms with Crippen LogP contribution < -0.4 is 5.32 Å². The van der Waals surface area contributed by atoms with E-state index in [1.807, 2.05) is 12.1 Å². The van der Waals surface area contributed by atoms with E-state index in [1.165, 1.54) is 23.3 Å². The monoisotopic (exact) mass is 375 g/mol. The molecule has 28 heavy (non-hydrogen) atoms. The van der Waals surface area contributed by atoms with Crippen LogP contribution >= 0.6 is 0 Å². The summed E-state index contributed by atoms with van der Waals surface area (Å²) in [5, 5.41) is 3.55. The molecule has 0 radical (unpaired) electrons. The molecule has 1 fully saturated rings. The molecule has 1 aliphatic rings. The third kappa shape index (κ3) is 4.67. The second-order valence-corrected chi connectivity index (χ2v) is 7.45. The standard InChI is InChI=1S/C25H26FNO/c26-22-13-11-19(12-14-22)17-27-23-15-16-24(28-18-23)25(20-7-3-1-4-8-20)21-9-5-2-6-10-21/h1-14,23-25,27H,15-18H2/t23-,24-/m0/s1. The van der Waals surface area contributed by atoms with Crippen molar-refractivity contribution in [2.75, 3.05) is 6.61 Å². The Labute approximate surface area is 166 Å². The Kier molecular flexibility index (Phi) is 6.15. The fraction of sp³-hybridized carbons (Fsp3) is 0.280. The molecule has 1 saturated heterocycles. The smallest absolute Gasteiger partial charge is 0.123 e. The Bertz CT molecular complexity index is 803. The number of nitrogens with one attached hydrogen (secondary N) is 1. The highest BCUT2D eigenvalue weighted by Gasteiger charge is 2.30. The van der Waals surface area contributed by atoms with Crippen molar-refractivity contribution in [2.24, 2.45) is 0 Å². The van der Waals surface area contributed by atoms with Crippen LogP contribution in [0, 0.1) is 5.82 Å². The highest BCUT2D eigenvalue weighted by Crippen LogP contribution is 2.34. The Hall–Kier alpha value is -2.49. The maximum Gasteiger partial charge on any atom is 0.123 e. The molecule has 0 unspecified atom stereocenters. The van der Waals surface area contributed by atoms with Crippen LogP contribution in [0.1, 0.15) is 35.4 Å². The van der Waals surface area contributed by atoms with Crippen molar-refractivity contribution >= 4 is 0 Å². The molecule has 2 atom stereocenters. The Morgan fingerprint density at radius 2 is 1.43 bits per heavy atom. The van der Waals surface area contributed by atoms with E-state index in [-0.39, 0.29) is 17.8 Å². The van der Waals surface area contributed by atoms with Gasteiger partial charge in [0, 0.05) is 18.5 Å². The van der Waals surface area contributed by atoms with Gasteiger partial charge in [-0.3, -0.25) is 0 Å². The van der Waals surface area contributed by atoms with Crippen LogP contribution in [0.5, 0.6) is 0 Å². The first-order valence-electron chi connectivity index (χ1n) is 9.99. The van der Waals surface area contributed by atoms with Crippen molar-refractivity contribution in [3.63, 3.8) is 0 Å². The second-order valence-electron chi connectivity index (χ2n) is 7.45. The van der Waals surface area contributed by atoms with Crippen molar-refractivity contribution in [1.29, 1.82) is 0 Å². The summed E-state index contributed by atoms with van der Waals surface area (Å²) in [4.78, 5) is 0. The quantitative estimate of drug-likeness (QED) is 0.632. The van der Waals surface area contributed by atoms with Gasteiger partial charge in [0.1, 0.15) is 5.82 Å². The third-order valence-electron chi connectivity index (χ3n) is 5.51. The molecule has 0 saturated carbocycles. The summed E-state index contributed by atoms with van der Waals surface area (Å²) in [5.74, 6) is 0.0564. The number of benzene rings is 3. The lowest BCUT2D eigenvalue weighted by Gasteiger charge is -2.35. The summed E-state index contributed by atoms with van der Waals surface area (Å²) in [6, 6.07) is 28.3. The highest BCUT2D eigenvalue weighted by atomic mass is 19.1. The van der Waals surface area contributed by atoms with E-state index in [9.17, 15) is 4.39 Å². The van der Waals surface area contributed by atoms with Gasteiger partial charge in [-0.05, 0) is 41.7 Å². The first-order valence-corrected chi connectivity index (χ1v) is 9.99. The summed E-state index contributed by atoms with van der Waals surface area (Å²) in [5.41, 5.74) is 3.70. The summed E-state index contributed by atoms with van der Waals surface area (Å²) in [6.45, 7) is 1.43. The molecule has 3 heteroatoms. The molecule has 3 aromatic rings. The van der Waals surface area contributed by atoms with Crippen LogP contribution in [0.4, 0.5) is 4.39 Å². The van der Waals surface area contributed by atoms with Crippen LogP contribution in [0.25, 0.3) is 0 Å². The molecule has 1 N–H and O–H groups in total. The zero-order chi connectivity index (χ0) is 19.2. The zero-order valence-electron chi connectivity index (χ0n) is 15.9. The van der Waals surface area contributed by atoms with Crippen molar-refractivity contribution in [1.82, 2.24) is 5.32 Å². The predicted octanol–water partition coefficient (Wildman–Crippen LogP) is 5.30. The Balaban J connectivity index is 1.40. The highest BCUT2D eigenvalue weighted by molar-refractivity contribution is 5.34. The van der Waals surface area contributed by atoms with Gasteiger partial charge in [-0.2, -0.15) is 0 Å². The molecule has 2 nitrogen and oxygen atoms in total. The Morgan fingerprint density at radius 3 is 1.96 bits per heavy atom. The van der Waals surface area contributed by atoms with Gasteiger partial charge in [-0.1, -0.05) is 72.8 Å². The number of ether oxygens (including phenoxy) is 1. The molecule has 0 aliphatic carbocycles. The van der Waals surface area contributed by atoms with Gasteiger partial charge < -0.3 is 10.1 Å². The van der Waals surface area contributed by atoms with Crippen LogP contribution in [0.2, 0.25) is 0 Å². The van der Waals surface area contributed by atoms with Crippen molar-refractivity contribution in [3.05, 3.63) is 107 Å². The molecule has 0 amide bonds. The molecule has 1 aliphatic heterocycles. The fourth-order valence-corrected chi connectivity index (χ4v) is 4.00. The lowest BCUT2D eigenvalue weighted by Crippen LogP contribution is -2.41. The molecule has 3 aromatic carbocycles. The van der Waals surface area contributed by atoms with Crippen LogP contribution in [0.15, 0.2) is 84.9 Å². The molecule has 0 spiro atoms. The molecular weight excluding hydrogens is 349 g/mol. The summed E-state index contributed by atoms with van der Waals surface area (Å²) >= 11 is 0. The van der Waals surface area contributed by atoms with Gasteiger partial charge in [0.15, 0.2) is 0 Å². The molecule has 144 valence electrons. The van der Waals surface area contributed by atoms with Gasteiger partial charge in [0.25, 0.3) is 0 Å². The first-order chi connectivity index (χ1) is 13.8. The predicted molar refractivity (Wildman–Crippen MR) is 111 cm³/mol. The Morgan fingerprint density at radius 1 is 0.821 bits per heavy atom. The van der Waals surface area contributed by atoms with E-state index in [0.717, 1.165) is 24.9 Å². The zero-order valence-corrected chi connectivity index (χ0v) is 15.9. The maximum absolute atomic E-state index is 13.0. The van der Waals surface area contributed by atoms with Crippen molar-refractivity contribution in [3.8, 4) is 0 Å². The lowest BCUT2D eigenvalue weighted by molar-refractivity contribution is -0.0116. The van der Waals surface area contributed by atoms with E-state index in [1.54, 1.807) is 0 Å². The van der Waals surface area contributed by atoms with E-state index < -0.39 is 0 Å². The molecule has 0 aromatic heterocycles. The fourth-order valence-electron chi connectivity index (χ4n) is 4.00. The second kappa shape index (κ2) is 9.13. The van der Waals surface area contributed by atoms with Gasteiger partial charge in [0.2, 0.25) is 0 Å². The molecule has 1 heterocycles. The number of hydrogen-bond donors (Lipinski definition) is 1. The van der Waals surface area contributed by atoms with Gasteiger partial charge >= 0.3 is 0 Å². The molecular formula is C25H26FNO. The van der Waals surface area contributed by atoms with E-state index in [0.29, 0.717) is 12.6 Å². The number of rotatable bonds is 6. The average Bonchev–Trinajstić information content (AvgIpc) is 2.76. The summed E-state index contributed by atoms with van der Waals surface area (Å²) < 4.78 is 19.4.